The fourth-order valence-corrected chi connectivity index (χ4v) is 6.61. The second-order valence-electron chi connectivity index (χ2n) is 8.87. The third-order valence-electron chi connectivity index (χ3n) is 6.23. The van der Waals surface area contributed by atoms with Crippen LogP contribution < -0.4 is 16.0 Å². The molecule has 5 rings (SSSR count). The van der Waals surface area contributed by atoms with Crippen LogP contribution in [-0.2, 0) is 36.4 Å². The molecule has 0 spiro atoms. The number of aliphatic hydroxyl groups is 1. The Hall–Kier alpha value is -2.91. The molecule has 0 aliphatic carbocycles. The van der Waals surface area contributed by atoms with Gasteiger partial charge in [0.15, 0.2) is 23.4 Å². The molecule has 0 amide bonds. The summed E-state index contributed by atoms with van der Waals surface area (Å²) in [6.45, 7) is 2.52. The molecular formula is C21H24BrFN7O7P. The molecule has 1 fully saturated rings. The second-order valence-corrected chi connectivity index (χ2v) is 12.2. The summed E-state index contributed by atoms with van der Waals surface area (Å²) in [7, 11) is -3.73. The van der Waals surface area contributed by atoms with Crippen LogP contribution in [0.4, 0.5) is 16.2 Å². The average molecular weight is 616 g/mol. The molecule has 17 heteroatoms. The fraction of sp³-hybridized carbons (Fsp3) is 0.476. The first-order chi connectivity index (χ1) is 17.9. The smallest absolute Gasteiger partial charge is 0.379 e. The van der Waals surface area contributed by atoms with Crippen molar-refractivity contribution in [3.63, 3.8) is 0 Å². The molecule has 5 heterocycles. The lowest BCUT2D eigenvalue weighted by Crippen LogP contribution is -2.38. The Labute approximate surface area is 223 Å². The summed E-state index contributed by atoms with van der Waals surface area (Å²) in [5.41, 5.74) is 13.6. The molecule has 2 unspecified atom stereocenters. The van der Waals surface area contributed by atoms with Gasteiger partial charge in [-0.25, -0.2) is 13.9 Å². The van der Waals surface area contributed by atoms with E-state index in [-0.39, 0.29) is 41.4 Å². The Bertz CT molecular complexity index is 1470. The van der Waals surface area contributed by atoms with Gasteiger partial charge in [0.1, 0.15) is 24.3 Å². The van der Waals surface area contributed by atoms with Gasteiger partial charge in [-0.2, -0.15) is 9.97 Å². The summed E-state index contributed by atoms with van der Waals surface area (Å²) >= 11 is 2.91. The van der Waals surface area contributed by atoms with Gasteiger partial charge in [-0.05, 0) is 29.3 Å². The molecule has 0 radical (unpaired) electrons. The van der Waals surface area contributed by atoms with Crippen molar-refractivity contribution in [1.82, 2.24) is 24.5 Å². The minimum atomic E-state index is -3.73. The van der Waals surface area contributed by atoms with Crippen LogP contribution in [0.2, 0.25) is 0 Å². The predicted molar refractivity (Wildman–Crippen MR) is 134 cm³/mol. The Morgan fingerprint density at radius 2 is 2.16 bits per heavy atom. The summed E-state index contributed by atoms with van der Waals surface area (Å²) in [6.07, 6.45) is -1.32. The molecule has 0 saturated carbocycles. The van der Waals surface area contributed by atoms with Gasteiger partial charge in [0.25, 0.3) is 0 Å². The quantitative estimate of drug-likeness (QED) is 0.206. The third kappa shape index (κ3) is 4.71. The normalized spacial score (nSPS) is 28.7. The number of imidazole rings is 1. The van der Waals surface area contributed by atoms with Crippen LogP contribution in [0, 0.1) is 6.92 Å². The molecule has 14 nitrogen and oxygen atoms in total. The van der Waals surface area contributed by atoms with Crippen molar-refractivity contribution in [2.24, 2.45) is 0 Å². The first kappa shape index (κ1) is 26.7. The van der Waals surface area contributed by atoms with Crippen LogP contribution in [0.5, 0.6) is 5.75 Å². The minimum absolute atomic E-state index is 0.000515. The van der Waals surface area contributed by atoms with Gasteiger partial charge >= 0.3 is 13.6 Å². The highest BCUT2D eigenvalue weighted by Gasteiger charge is 2.57. The number of aromatic nitrogens is 5. The largest absolute Gasteiger partial charge is 0.461 e. The van der Waals surface area contributed by atoms with Crippen molar-refractivity contribution in [3.05, 3.63) is 29.3 Å². The zero-order valence-electron chi connectivity index (χ0n) is 20.2. The number of carbonyl (C=O) groups is 1. The Kier molecular flexibility index (Phi) is 6.80. The predicted octanol–water partition coefficient (Wildman–Crippen LogP) is 1.92. The van der Waals surface area contributed by atoms with Gasteiger partial charge in [0.05, 0.1) is 24.8 Å². The van der Waals surface area contributed by atoms with Gasteiger partial charge in [-0.3, -0.25) is 18.9 Å². The third-order valence-corrected chi connectivity index (χ3v) is 8.87. The molecule has 3 aromatic rings. The van der Waals surface area contributed by atoms with Gasteiger partial charge in [-0.1, -0.05) is 0 Å². The lowest BCUT2D eigenvalue weighted by atomic mass is 10.1. The Morgan fingerprint density at radius 3 is 2.89 bits per heavy atom. The molecule has 0 aromatic carbocycles. The van der Waals surface area contributed by atoms with E-state index in [1.807, 2.05) is 0 Å². The minimum Gasteiger partial charge on any atom is -0.461 e. The van der Waals surface area contributed by atoms with E-state index in [1.165, 1.54) is 17.8 Å². The van der Waals surface area contributed by atoms with E-state index in [1.54, 1.807) is 13.1 Å². The summed E-state index contributed by atoms with van der Waals surface area (Å²) in [6, 6.07) is 0. The lowest BCUT2D eigenvalue weighted by Gasteiger charge is -2.28. The molecular weight excluding hydrogens is 592 g/mol. The number of hydrogen-bond donors (Lipinski definition) is 3. The van der Waals surface area contributed by atoms with Crippen molar-refractivity contribution in [2.75, 3.05) is 24.2 Å². The number of anilines is 2. The van der Waals surface area contributed by atoms with E-state index < -0.39 is 43.2 Å². The molecule has 204 valence electrons. The average Bonchev–Trinajstić information content (AvgIpc) is 3.36. The maximum Gasteiger partial charge on any atom is 0.379 e. The van der Waals surface area contributed by atoms with Crippen LogP contribution in [0.1, 0.15) is 30.0 Å². The summed E-state index contributed by atoms with van der Waals surface area (Å²) in [5, 5.41) is 10.7. The van der Waals surface area contributed by atoms with Crippen LogP contribution in [-0.4, -0.2) is 65.1 Å². The zero-order valence-corrected chi connectivity index (χ0v) is 22.7. The summed E-state index contributed by atoms with van der Waals surface area (Å²) in [4.78, 5) is 27.4. The standard InChI is InChI=1S/C21H24BrFN7O7P/c1-9-15-12(11(5-26-9)6-34-10(2)31)3-4-38(33,37-15)35-7-13-16(32)21(22,23)19(36-13)30-8-27-14-17(24)28-20(25)29-18(14)30/h5,8,13,16,19,32H,3-4,6-7H2,1-2H3,(H4,24,25,28,29)/t13-,16?,19-,21-,38?/m1/s1. The number of rotatable bonds is 6. The number of fused-ring (bicyclic) bond motifs is 2. The van der Waals surface area contributed by atoms with Crippen molar-refractivity contribution < 1.29 is 37.4 Å². The highest BCUT2D eigenvalue weighted by atomic mass is 79.9. The number of nitrogens with two attached hydrogens (primary N) is 2. The van der Waals surface area contributed by atoms with Crippen LogP contribution in [0.3, 0.4) is 0 Å². The second kappa shape index (κ2) is 9.68. The summed E-state index contributed by atoms with van der Waals surface area (Å²) < 4.78 is 50.1. The highest BCUT2D eigenvalue weighted by Crippen LogP contribution is 2.55. The van der Waals surface area contributed by atoms with Crippen molar-refractivity contribution in [2.45, 2.75) is 49.9 Å². The number of esters is 1. The van der Waals surface area contributed by atoms with Crippen LogP contribution >= 0.6 is 23.5 Å². The molecule has 38 heavy (non-hydrogen) atoms. The van der Waals surface area contributed by atoms with Crippen molar-refractivity contribution in [1.29, 1.82) is 0 Å². The van der Waals surface area contributed by atoms with Gasteiger partial charge in [0.2, 0.25) is 10.5 Å². The van der Waals surface area contributed by atoms with E-state index >= 15 is 4.39 Å². The lowest BCUT2D eigenvalue weighted by molar-refractivity contribution is -0.142. The van der Waals surface area contributed by atoms with Crippen molar-refractivity contribution in [3.8, 4) is 5.75 Å². The highest BCUT2D eigenvalue weighted by molar-refractivity contribution is 9.10. The molecule has 3 aromatic heterocycles. The topological polar surface area (TPSA) is 200 Å². The number of aliphatic hydroxyl groups excluding tert-OH is 1. The van der Waals surface area contributed by atoms with Gasteiger partial charge < -0.3 is 30.6 Å². The number of nitrogens with zero attached hydrogens (tertiary/aromatic N) is 5. The zero-order chi connectivity index (χ0) is 27.4. The number of ether oxygens (including phenoxy) is 2. The summed E-state index contributed by atoms with van der Waals surface area (Å²) in [5.74, 6) is -0.326. The number of aryl methyl sites for hydroxylation is 1. The van der Waals surface area contributed by atoms with Crippen LogP contribution in [0.15, 0.2) is 12.5 Å². The Morgan fingerprint density at radius 1 is 1.39 bits per heavy atom. The van der Waals surface area contributed by atoms with Crippen molar-refractivity contribution >= 4 is 52.4 Å². The first-order valence-electron chi connectivity index (χ1n) is 11.4. The molecule has 5 N–H and O–H groups in total. The number of alkyl halides is 2. The van der Waals surface area contributed by atoms with Crippen LogP contribution in [0.25, 0.3) is 11.2 Å². The maximum absolute atomic E-state index is 15.7. The number of nitrogen functional groups attached to an aromatic ring is 2. The molecule has 1 saturated heterocycles. The number of carbonyl (C=O) groups excluding carboxylic acids is 1. The molecule has 5 atom stereocenters. The maximum atomic E-state index is 15.7. The number of halogens is 2. The first-order valence-corrected chi connectivity index (χ1v) is 13.9. The monoisotopic (exact) mass is 615 g/mol. The number of pyridine rings is 1. The Balaban J connectivity index is 1.33. The van der Waals surface area contributed by atoms with E-state index in [2.05, 4.69) is 35.9 Å². The SMILES string of the molecule is CC(=O)OCc1cnc(C)c2c1CCP(=O)(OC[C@H]1O[C@@H](n3cnc4c(N)nc(N)nc43)[C@@](F)(Br)C1O)O2. The molecule has 2 aliphatic heterocycles. The number of hydrogen-bond acceptors (Lipinski definition) is 13. The van der Waals surface area contributed by atoms with Gasteiger partial charge in [0, 0.05) is 24.2 Å². The van der Waals surface area contributed by atoms with E-state index in [9.17, 15) is 14.5 Å². The van der Waals surface area contributed by atoms with E-state index in [0.717, 1.165) is 0 Å². The molecule has 2 aliphatic rings. The molecule has 0 bridgehead atoms. The van der Waals surface area contributed by atoms with E-state index in [4.69, 9.17) is 30.0 Å². The fourth-order valence-electron chi connectivity index (χ4n) is 4.32. The van der Waals surface area contributed by atoms with Gasteiger partial charge in [-0.15, -0.1) is 0 Å². The van der Waals surface area contributed by atoms with E-state index in [0.29, 0.717) is 23.2 Å².